The van der Waals surface area contributed by atoms with E-state index in [1.54, 1.807) is 0 Å². The van der Waals surface area contributed by atoms with Gasteiger partial charge in [0.2, 0.25) is 10.0 Å². The van der Waals surface area contributed by atoms with Crippen molar-refractivity contribution in [2.45, 2.75) is 94.9 Å². The molecule has 0 aliphatic carbocycles. The molecule has 0 bridgehead atoms. The van der Waals surface area contributed by atoms with Gasteiger partial charge in [-0.15, -0.1) is 0 Å². The minimum absolute atomic E-state index is 0.100. The zero-order valence-corrected chi connectivity index (χ0v) is 21.3. The fourth-order valence-electron chi connectivity index (χ4n) is 4.57. The number of carbonyl (C=O) groups excluding carboxylic acids is 1. The fourth-order valence-corrected chi connectivity index (χ4v) is 5.11. The van der Waals surface area contributed by atoms with E-state index < -0.39 is 10.0 Å². The normalized spacial score (nSPS) is 16.8. The number of hydrogen-bond acceptors (Lipinski definition) is 5. The number of unbranched alkanes of at least 4 members (excludes halogenated alkanes) is 9. The van der Waals surface area contributed by atoms with Gasteiger partial charge in [0.25, 0.3) is 5.91 Å². The van der Waals surface area contributed by atoms with Crippen LogP contribution in [0.1, 0.15) is 94.3 Å². The number of methoxy groups -OCH3 is 1. The molecule has 1 aliphatic rings. The average Bonchev–Trinajstić information content (AvgIpc) is 3.25. The van der Waals surface area contributed by atoms with E-state index in [0.717, 1.165) is 25.9 Å². The smallest absolute Gasteiger partial charge is 0.255 e. The lowest BCUT2D eigenvalue weighted by Gasteiger charge is -2.25. The molecule has 1 aromatic carbocycles. The van der Waals surface area contributed by atoms with Gasteiger partial charge in [-0.2, -0.15) is 0 Å². The molecule has 0 aromatic heterocycles. The predicted octanol–water partition coefficient (Wildman–Crippen LogP) is 4.46. The van der Waals surface area contributed by atoms with Crippen LogP contribution < -0.4 is 15.2 Å². The second kappa shape index (κ2) is 14.6. The number of carbonyl (C=O) groups is 1. The Hall–Kier alpha value is -1.64. The highest BCUT2D eigenvalue weighted by Gasteiger charge is 2.25. The number of likely N-dealkylation sites (tertiary alicyclic amines) is 1. The van der Waals surface area contributed by atoms with Crippen LogP contribution in [0.3, 0.4) is 0 Å². The van der Waals surface area contributed by atoms with Gasteiger partial charge in [-0.3, -0.25) is 9.69 Å². The lowest BCUT2D eigenvalue weighted by Crippen LogP contribution is -2.40. The van der Waals surface area contributed by atoms with Crippen LogP contribution in [0.5, 0.6) is 5.75 Å². The summed E-state index contributed by atoms with van der Waals surface area (Å²) in [6, 6.07) is 4.40. The Morgan fingerprint density at radius 1 is 1.09 bits per heavy atom. The van der Waals surface area contributed by atoms with Gasteiger partial charge in [0.1, 0.15) is 5.75 Å². The average molecular weight is 482 g/mol. The second-order valence-electron chi connectivity index (χ2n) is 9.13. The SMILES string of the molecule is CCCCCCCCCCCCN1CCC[C@@H]1CNC(=O)c1cc(S(N)(=O)=O)ccc1OC. The van der Waals surface area contributed by atoms with Crippen molar-refractivity contribution in [2.24, 2.45) is 5.14 Å². The van der Waals surface area contributed by atoms with Crippen molar-refractivity contribution in [3.63, 3.8) is 0 Å². The van der Waals surface area contributed by atoms with Gasteiger partial charge >= 0.3 is 0 Å². The standard InChI is InChI=1S/C25H43N3O4S/c1-3-4-5-6-7-8-9-10-11-12-17-28-18-13-14-21(28)20-27-25(29)23-19-22(33(26,30)31)15-16-24(23)32-2/h15-16,19,21H,3-14,17-18,20H2,1-2H3,(H,27,29)(H2,26,30,31)/t21-/m1/s1. The third-order valence-corrected chi connectivity index (χ3v) is 7.45. The van der Waals surface area contributed by atoms with Gasteiger partial charge in [-0.05, 0) is 50.6 Å². The minimum atomic E-state index is -3.89. The van der Waals surface area contributed by atoms with E-state index in [2.05, 4.69) is 17.1 Å². The number of nitrogens with zero attached hydrogens (tertiary/aromatic N) is 1. The molecule has 8 heteroatoms. The number of amides is 1. The molecule has 7 nitrogen and oxygen atoms in total. The summed E-state index contributed by atoms with van der Waals surface area (Å²) >= 11 is 0. The number of benzene rings is 1. The third-order valence-electron chi connectivity index (χ3n) is 6.54. The highest BCUT2D eigenvalue weighted by molar-refractivity contribution is 7.89. The van der Waals surface area contributed by atoms with E-state index in [9.17, 15) is 13.2 Å². The van der Waals surface area contributed by atoms with Crippen molar-refractivity contribution in [1.82, 2.24) is 10.2 Å². The van der Waals surface area contributed by atoms with Crippen LogP contribution in [0.15, 0.2) is 23.1 Å². The number of nitrogens with two attached hydrogens (primary N) is 1. The van der Waals surface area contributed by atoms with Gasteiger partial charge in [0.05, 0.1) is 17.6 Å². The number of sulfonamides is 1. The van der Waals surface area contributed by atoms with Gasteiger partial charge in [0.15, 0.2) is 0 Å². The lowest BCUT2D eigenvalue weighted by atomic mass is 10.1. The summed E-state index contributed by atoms with van der Waals surface area (Å²) in [5.74, 6) is -0.0170. The second-order valence-corrected chi connectivity index (χ2v) is 10.7. The molecule has 33 heavy (non-hydrogen) atoms. The van der Waals surface area contributed by atoms with Crippen molar-refractivity contribution < 1.29 is 17.9 Å². The molecule has 0 radical (unpaired) electrons. The van der Waals surface area contributed by atoms with Gasteiger partial charge in [-0.1, -0.05) is 64.7 Å². The zero-order valence-electron chi connectivity index (χ0n) is 20.5. The fraction of sp³-hybridized carbons (Fsp3) is 0.720. The Balaban J connectivity index is 1.72. The summed E-state index contributed by atoms with van der Waals surface area (Å²) in [6.07, 6.45) is 15.5. The molecule has 3 N–H and O–H groups in total. The maximum atomic E-state index is 12.8. The van der Waals surface area contributed by atoms with E-state index >= 15 is 0 Å². The topological polar surface area (TPSA) is 102 Å². The Kier molecular flexibility index (Phi) is 12.2. The van der Waals surface area contributed by atoms with E-state index in [1.807, 2.05) is 0 Å². The van der Waals surface area contributed by atoms with Gasteiger partial charge < -0.3 is 10.1 Å². The summed E-state index contributed by atoms with van der Waals surface area (Å²) in [6.45, 7) is 4.94. The molecule has 1 aliphatic heterocycles. The molecule has 1 amide bonds. The van der Waals surface area contributed by atoms with E-state index in [1.165, 1.54) is 89.5 Å². The number of ether oxygens (including phenoxy) is 1. The first-order valence-electron chi connectivity index (χ1n) is 12.6. The van der Waals surface area contributed by atoms with Crippen LogP contribution in [0, 0.1) is 0 Å². The lowest BCUT2D eigenvalue weighted by molar-refractivity contribution is 0.0937. The summed E-state index contributed by atoms with van der Waals surface area (Å²) in [5, 5.41) is 8.18. The van der Waals surface area contributed by atoms with Crippen LogP contribution in [0.25, 0.3) is 0 Å². The van der Waals surface area contributed by atoms with E-state index in [-0.39, 0.29) is 16.4 Å². The Morgan fingerprint density at radius 2 is 1.73 bits per heavy atom. The monoisotopic (exact) mass is 481 g/mol. The maximum Gasteiger partial charge on any atom is 0.255 e. The zero-order chi connectivity index (χ0) is 24.1. The minimum Gasteiger partial charge on any atom is -0.496 e. The predicted molar refractivity (Wildman–Crippen MR) is 133 cm³/mol. The molecule has 1 aromatic rings. The van der Waals surface area contributed by atoms with E-state index in [4.69, 9.17) is 9.88 Å². The Bertz CT molecular complexity index is 829. The molecule has 0 unspecified atom stereocenters. The van der Waals surface area contributed by atoms with Gasteiger partial charge in [0, 0.05) is 12.6 Å². The van der Waals surface area contributed by atoms with E-state index in [0.29, 0.717) is 18.3 Å². The first kappa shape index (κ1) is 27.6. The highest BCUT2D eigenvalue weighted by Crippen LogP contribution is 2.23. The first-order valence-corrected chi connectivity index (χ1v) is 14.1. The Morgan fingerprint density at radius 3 is 2.33 bits per heavy atom. The number of rotatable bonds is 16. The maximum absolute atomic E-state index is 12.8. The largest absolute Gasteiger partial charge is 0.496 e. The number of nitrogens with one attached hydrogen (secondary N) is 1. The first-order chi connectivity index (χ1) is 15.9. The summed E-state index contributed by atoms with van der Waals surface area (Å²) in [4.78, 5) is 15.1. The van der Waals surface area contributed by atoms with Crippen LogP contribution in [-0.4, -0.2) is 52.0 Å². The van der Waals surface area contributed by atoms with Crippen LogP contribution in [-0.2, 0) is 10.0 Å². The molecule has 1 atom stereocenters. The van der Waals surface area contributed by atoms with Crippen molar-refractivity contribution in [3.05, 3.63) is 23.8 Å². The van der Waals surface area contributed by atoms with Crippen molar-refractivity contribution in [2.75, 3.05) is 26.7 Å². The molecule has 1 heterocycles. The summed E-state index contributed by atoms with van der Waals surface area (Å²) in [5.41, 5.74) is 0.184. The highest BCUT2D eigenvalue weighted by atomic mass is 32.2. The molecular weight excluding hydrogens is 438 g/mol. The van der Waals surface area contributed by atoms with Crippen molar-refractivity contribution >= 4 is 15.9 Å². The molecule has 2 rings (SSSR count). The van der Waals surface area contributed by atoms with Crippen LogP contribution >= 0.6 is 0 Å². The molecular formula is C25H43N3O4S. The van der Waals surface area contributed by atoms with Crippen LogP contribution in [0.2, 0.25) is 0 Å². The molecule has 1 fully saturated rings. The third kappa shape index (κ3) is 9.63. The van der Waals surface area contributed by atoms with Crippen LogP contribution in [0.4, 0.5) is 0 Å². The number of primary sulfonamides is 1. The molecule has 188 valence electrons. The Labute approximate surface area is 200 Å². The molecule has 0 spiro atoms. The summed E-state index contributed by atoms with van der Waals surface area (Å²) in [7, 11) is -2.44. The summed E-state index contributed by atoms with van der Waals surface area (Å²) < 4.78 is 28.5. The van der Waals surface area contributed by atoms with Crippen molar-refractivity contribution in [3.8, 4) is 5.75 Å². The number of hydrogen-bond donors (Lipinski definition) is 2. The quantitative estimate of drug-likeness (QED) is 0.340. The van der Waals surface area contributed by atoms with Crippen molar-refractivity contribution in [1.29, 1.82) is 0 Å². The molecule has 1 saturated heterocycles. The van der Waals surface area contributed by atoms with Gasteiger partial charge in [-0.25, -0.2) is 13.6 Å². The molecule has 0 saturated carbocycles.